The molecule has 0 bridgehead atoms. The molecular formula is C14H24N2O2. The van der Waals surface area contributed by atoms with Crippen molar-refractivity contribution in [2.24, 2.45) is 11.8 Å². The SMILES string of the molecule is CCCC(C)C(=O)N1CCC2NC(=O)CCC2C1. The molecule has 0 aromatic heterocycles. The maximum atomic E-state index is 12.3. The second kappa shape index (κ2) is 5.72. The standard InChI is InChI=1S/C14H24N2O2/c1-3-4-10(2)14(18)16-8-7-12-11(9-16)5-6-13(17)15-12/h10-12H,3-9H2,1-2H3,(H,15,17). The van der Waals surface area contributed by atoms with Gasteiger partial charge in [-0.05, 0) is 25.2 Å². The third-order valence-electron chi connectivity index (χ3n) is 4.28. The van der Waals surface area contributed by atoms with Crippen LogP contribution in [0.3, 0.4) is 0 Å². The highest BCUT2D eigenvalue weighted by Crippen LogP contribution is 2.26. The van der Waals surface area contributed by atoms with Crippen LogP contribution in [-0.2, 0) is 9.59 Å². The smallest absolute Gasteiger partial charge is 0.225 e. The maximum Gasteiger partial charge on any atom is 0.225 e. The predicted octanol–water partition coefficient (Wildman–Crippen LogP) is 1.55. The van der Waals surface area contributed by atoms with Gasteiger partial charge in [-0.3, -0.25) is 9.59 Å². The summed E-state index contributed by atoms with van der Waals surface area (Å²) in [5.74, 6) is 1.08. The maximum absolute atomic E-state index is 12.3. The average molecular weight is 252 g/mol. The van der Waals surface area contributed by atoms with Gasteiger partial charge < -0.3 is 10.2 Å². The summed E-state index contributed by atoms with van der Waals surface area (Å²) in [6.07, 6.45) is 4.50. The second-order valence-electron chi connectivity index (χ2n) is 5.74. The molecule has 102 valence electrons. The van der Waals surface area contributed by atoms with Crippen LogP contribution in [0, 0.1) is 11.8 Å². The van der Waals surface area contributed by atoms with Gasteiger partial charge in [0.1, 0.15) is 0 Å². The average Bonchev–Trinajstić information content (AvgIpc) is 2.37. The van der Waals surface area contributed by atoms with E-state index in [-0.39, 0.29) is 11.8 Å². The van der Waals surface area contributed by atoms with Gasteiger partial charge in [-0.25, -0.2) is 0 Å². The van der Waals surface area contributed by atoms with Crippen LogP contribution in [0.25, 0.3) is 0 Å². The van der Waals surface area contributed by atoms with E-state index in [4.69, 9.17) is 0 Å². The Morgan fingerprint density at radius 1 is 1.50 bits per heavy atom. The van der Waals surface area contributed by atoms with Crippen LogP contribution in [0.4, 0.5) is 0 Å². The Hall–Kier alpha value is -1.06. The number of nitrogens with zero attached hydrogens (tertiary/aromatic N) is 1. The summed E-state index contributed by atoms with van der Waals surface area (Å²) in [7, 11) is 0. The molecule has 0 saturated carbocycles. The van der Waals surface area contributed by atoms with E-state index in [9.17, 15) is 9.59 Å². The second-order valence-corrected chi connectivity index (χ2v) is 5.74. The third-order valence-corrected chi connectivity index (χ3v) is 4.28. The van der Waals surface area contributed by atoms with Crippen LogP contribution in [0.5, 0.6) is 0 Å². The van der Waals surface area contributed by atoms with Crippen molar-refractivity contribution in [1.82, 2.24) is 10.2 Å². The Morgan fingerprint density at radius 2 is 2.28 bits per heavy atom. The monoisotopic (exact) mass is 252 g/mol. The van der Waals surface area contributed by atoms with Gasteiger partial charge in [-0.2, -0.15) is 0 Å². The molecule has 0 aromatic carbocycles. The number of piperidine rings is 2. The fourth-order valence-corrected chi connectivity index (χ4v) is 3.18. The molecule has 0 spiro atoms. The van der Waals surface area contributed by atoms with E-state index in [1.807, 2.05) is 11.8 Å². The van der Waals surface area contributed by atoms with Crippen LogP contribution in [0.15, 0.2) is 0 Å². The highest BCUT2D eigenvalue weighted by Gasteiger charge is 2.35. The molecule has 1 N–H and O–H groups in total. The summed E-state index contributed by atoms with van der Waals surface area (Å²) in [6, 6.07) is 0.303. The number of nitrogens with one attached hydrogen (secondary N) is 1. The number of hydrogen-bond donors (Lipinski definition) is 1. The molecule has 0 radical (unpaired) electrons. The lowest BCUT2D eigenvalue weighted by Gasteiger charge is -2.42. The number of fused-ring (bicyclic) bond motifs is 1. The van der Waals surface area contributed by atoms with Gasteiger partial charge in [0.2, 0.25) is 11.8 Å². The highest BCUT2D eigenvalue weighted by molar-refractivity contribution is 5.79. The first-order valence-electron chi connectivity index (χ1n) is 7.20. The summed E-state index contributed by atoms with van der Waals surface area (Å²) in [5.41, 5.74) is 0. The number of rotatable bonds is 3. The van der Waals surface area contributed by atoms with Crippen molar-refractivity contribution in [2.45, 2.75) is 52.0 Å². The zero-order chi connectivity index (χ0) is 13.1. The van der Waals surface area contributed by atoms with E-state index in [0.717, 1.165) is 38.8 Å². The van der Waals surface area contributed by atoms with Crippen molar-refractivity contribution < 1.29 is 9.59 Å². The fourth-order valence-electron chi connectivity index (χ4n) is 3.18. The summed E-state index contributed by atoms with van der Waals surface area (Å²) in [4.78, 5) is 25.6. The topological polar surface area (TPSA) is 49.4 Å². The molecule has 2 saturated heterocycles. The molecule has 18 heavy (non-hydrogen) atoms. The first-order chi connectivity index (χ1) is 8.61. The van der Waals surface area contributed by atoms with Crippen molar-refractivity contribution >= 4 is 11.8 Å². The Bertz CT molecular complexity index is 330. The van der Waals surface area contributed by atoms with Gasteiger partial charge in [0.15, 0.2) is 0 Å². The molecule has 4 heteroatoms. The molecule has 2 aliphatic heterocycles. The van der Waals surface area contributed by atoms with Crippen LogP contribution in [0.2, 0.25) is 0 Å². The molecular weight excluding hydrogens is 228 g/mol. The first kappa shape index (κ1) is 13.4. The molecule has 0 aliphatic carbocycles. The van der Waals surface area contributed by atoms with E-state index >= 15 is 0 Å². The number of likely N-dealkylation sites (tertiary alicyclic amines) is 1. The first-order valence-corrected chi connectivity index (χ1v) is 7.20. The van der Waals surface area contributed by atoms with Crippen LogP contribution in [0.1, 0.15) is 46.0 Å². The van der Waals surface area contributed by atoms with Gasteiger partial charge in [0.05, 0.1) is 0 Å². The lowest BCUT2D eigenvalue weighted by molar-refractivity contribution is -0.138. The van der Waals surface area contributed by atoms with Crippen molar-refractivity contribution in [3.63, 3.8) is 0 Å². The molecule has 3 unspecified atom stereocenters. The Balaban J connectivity index is 1.90. The molecule has 2 aliphatic rings. The molecule has 2 rings (SSSR count). The van der Waals surface area contributed by atoms with Crippen molar-refractivity contribution in [3.05, 3.63) is 0 Å². The largest absolute Gasteiger partial charge is 0.353 e. The lowest BCUT2D eigenvalue weighted by atomic mass is 9.84. The molecule has 2 heterocycles. The summed E-state index contributed by atoms with van der Waals surface area (Å²) < 4.78 is 0. The minimum absolute atomic E-state index is 0.143. The van der Waals surface area contributed by atoms with E-state index < -0.39 is 0 Å². The third kappa shape index (κ3) is 2.85. The highest BCUT2D eigenvalue weighted by atomic mass is 16.2. The van der Waals surface area contributed by atoms with Crippen LogP contribution >= 0.6 is 0 Å². The number of hydrogen-bond acceptors (Lipinski definition) is 2. The normalized spacial score (nSPS) is 29.4. The summed E-state index contributed by atoms with van der Waals surface area (Å²) >= 11 is 0. The van der Waals surface area contributed by atoms with Crippen molar-refractivity contribution in [2.75, 3.05) is 13.1 Å². The summed E-state index contributed by atoms with van der Waals surface area (Å²) in [5, 5.41) is 3.06. The van der Waals surface area contributed by atoms with Gasteiger partial charge in [-0.15, -0.1) is 0 Å². The number of amides is 2. The molecule has 3 atom stereocenters. The molecule has 4 nitrogen and oxygen atoms in total. The Labute approximate surface area is 109 Å². The lowest BCUT2D eigenvalue weighted by Crippen LogP contribution is -2.55. The number of carbonyl (C=O) groups excluding carboxylic acids is 2. The minimum atomic E-state index is 0.143. The minimum Gasteiger partial charge on any atom is -0.353 e. The van der Waals surface area contributed by atoms with Gasteiger partial charge in [-0.1, -0.05) is 20.3 Å². The Kier molecular flexibility index (Phi) is 4.25. The molecule has 0 aromatic rings. The molecule has 2 fully saturated rings. The zero-order valence-electron chi connectivity index (χ0n) is 11.4. The number of carbonyl (C=O) groups is 2. The van der Waals surface area contributed by atoms with E-state index in [1.165, 1.54) is 0 Å². The van der Waals surface area contributed by atoms with E-state index in [2.05, 4.69) is 12.2 Å². The van der Waals surface area contributed by atoms with Crippen LogP contribution < -0.4 is 5.32 Å². The van der Waals surface area contributed by atoms with Crippen molar-refractivity contribution in [1.29, 1.82) is 0 Å². The predicted molar refractivity (Wildman–Crippen MR) is 69.9 cm³/mol. The zero-order valence-corrected chi connectivity index (χ0v) is 11.4. The Morgan fingerprint density at radius 3 is 3.00 bits per heavy atom. The van der Waals surface area contributed by atoms with E-state index in [1.54, 1.807) is 0 Å². The quantitative estimate of drug-likeness (QED) is 0.828. The van der Waals surface area contributed by atoms with Crippen molar-refractivity contribution in [3.8, 4) is 0 Å². The van der Waals surface area contributed by atoms with Gasteiger partial charge >= 0.3 is 0 Å². The summed E-state index contributed by atoms with van der Waals surface area (Å²) in [6.45, 7) is 5.78. The van der Waals surface area contributed by atoms with Gasteiger partial charge in [0, 0.05) is 31.5 Å². The fraction of sp³-hybridized carbons (Fsp3) is 0.857. The van der Waals surface area contributed by atoms with E-state index in [0.29, 0.717) is 24.3 Å². The van der Waals surface area contributed by atoms with Crippen LogP contribution in [-0.4, -0.2) is 35.8 Å². The molecule has 2 amide bonds. The van der Waals surface area contributed by atoms with Gasteiger partial charge in [0.25, 0.3) is 0 Å².